The van der Waals surface area contributed by atoms with Gasteiger partial charge < -0.3 is 10.2 Å². The van der Waals surface area contributed by atoms with Gasteiger partial charge in [-0.25, -0.2) is 9.98 Å². The average Bonchev–Trinajstić information content (AvgIpc) is 3.12. The van der Waals surface area contributed by atoms with Crippen LogP contribution in [-0.2, 0) is 4.79 Å². The molecule has 0 aromatic heterocycles. The maximum atomic E-state index is 11.5. The molecule has 0 bridgehead atoms. The number of phenolic OH excluding ortho intramolecular Hbond substituents is 2. The number of halogens is 2. The van der Waals surface area contributed by atoms with Gasteiger partial charge in [0.2, 0.25) is 0 Å². The fourth-order valence-electron chi connectivity index (χ4n) is 2.80. The molecule has 1 heterocycles. The average molecular weight is 411 g/mol. The lowest BCUT2D eigenvalue weighted by atomic mass is 10.0. The molecule has 0 saturated heterocycles. The quantitative estimate of drug-likeness (QED) is 0.758. The highest BCUT2D eigenvalue weighted by Gasteiger charge is 2.23. The number of carbonyl (C=O) groups is 1. The second-order valence-electron chi connectivity index (χ2n) is 6.10. The van der Waals surface area contributed by atoms with E-state index in [4.69, 9.17) is 23.2 Å². The van der Waals surface area contributed by atoms with E-state index >= 15 is 0 Å². The van der Waals surface area contributed by atoms with E-state index in [1.165, 1.54) is 24.3 Å². The normalized spacial score (nSPS) is 15.9. The standard InChI is InChI=1S/C21H12Cl2N2O3/c22-16-9-13(10-17(23)20(16)28)21-24-18(11-1-5-14(26)6-2-11)19(25-21)12-3-7-15(27)8-4-12/h1-10,26,28H. The maximum Gasteiger partial charge on any atom is 0.178 e. The Morgan fingerprint density at radius 2 is 1.39 bits per heavy atom. The molecule has 7 heteroatoms. The zero-order valence-corrected chi connectivity index (χ0v) is 15.7. The summed E-state index contributed by atoms with van der Waals surface area (Å²) in [6, 6.07) is 9.63. The van der Waals surface area contributed by atoms with Gasteiger partial charge in [-0.1, -0.05) is 23.2 Å². The van der Waals surface area contributed by atoms with Crippen molar-refractivity contribution in [1.29, 1.82) is 0 Å². The summed E-state index contributed by atoms with van der Waals surface area (Å²) in [7, 11) is 0. The Morgan fingerprint density at radius 3 is 2.00 bits per heavy atom. The Morgan fingerprint density at radius 1 is 0.786 bits per heavy atom. The lowest BCUT2D eigenvalue weighted by Gasteiger charge is -2.07. The molecule has 4 rings (SSSR count). The van der Waals surface area contributed by atoms with Crippen LogP contribution in [0.2, 0.25) is 10.0 Å². The lowest BCUT2D eigenvalue weighted by Crippen LogP contribution is -2.04. The molecule has 5 nitrogen and oxygen atoms in total. The van der Waals surface area contributed by atoms with Crippen LogP contribution in [0.25, 0.3) is 0 Å². The number of benzene rings is 2. The first-order valence-corrected chi connectivity index (χ1v) is 8.98. The number of aromatic hydroxyl groups is 2. The molecule has 0 atom stereocenters. The molecular formula is C21H12Cl2N2O3. The minimum atomic E-state index is -0.205. The molecule has 0 unspecified atom stereocenters. The molecule has 1 aliphatic heterocycles. The minimum Gasteiger partial charge on any atom is -0.508 e. The summed E-state index contributed by atoms with van der Waals surface area (Å²) >= 11 is 12.1. The van der Waals surface area contributed by atoms with Crippen molar-refractivity contribution in [2.45, 2.75) is 0 Å². The largest absolute Gasteiger partial charge is 0.508 e. The first kappa shape index (κ1) is 18.2. The molecule has 0 radical (unpaired) electrons. The van der Waals surface area contributed by atoms with E-state index in [2.05, 4.69) is 9.98 Å². The van der Waals surface area contributed by atoms with Gasteiger partial charge in [-0.15, -0.1) is 0 Å². The molecule has 2 aliphatic rings. The molecule has 2 aromatic carbocycles. The van der Waals surface area contributed by atoms with E-state index in [-0.39, 0.29) is 27.3 Å². The van der Waals surface area contributed by atoms with Crippen molar-refractivity contribution in [2.75, 3.05) is 0 Å². The van der Waals surface area contributed by atoms with Gasteiger partial charge in [0, 0.05) is 16.7 Å². The van der Waals surface area contributed by atoms with E-state index < -0.39 is 0 Å². The Hall–Kier alpha value is -3.15. The van der Waals surface area contributed by atoms with E-state index in [0.717, 1.165) is 11.1 Å². The number of allylic oxidation sites excluding steroid dienone is 6. The fraction of sp³-hybridized carbons (Fsp3) is 0. The number of amidine groups is 1. The summed E-state index contributed by atoms with van der Waals surface area (Å²) in [6.07, 6.45) is 6.27. The van der Waals surface area contributed by atoms with Crippen molar-refractivity contribution < 1.29 is 15.0 Å². The monoisotopic (exact) mass is 410 g/mol. The van der Waals surface area contributed by atoms with Crippen LogP contribution in [-0.4, -0.2) is 27.5 Å². The van der Waals surface area contributed by atoms with Gasteiger partial charge in [-0.2, -0.15) is 0 Å². The fourth-order valence-corrected chi connectivity index (χ4v) is 3.29. The van der Waals surface area contributed by atoms with Crippen LogP contribution >= 0.6 is 23.2 Å². The second-order valence-corrected chi connectivity index (χ2v) is 6.92. The van der Waals surface area contributed by atoms with Crippen molar-refractivity contribution in [3.63, 3.8) is 0 Å². The third kappa shape index (κ3) is 3.38. The number of aliphatic imine (C=N–C) groups is 2. The van der Waals surface area contributed by atoms with E-state index in [0.29, 0.717) is 22.8 Å². The molecule has 0 spiro atoms. The highest BCUT2D eigenvalue weighted by molar-refractivity contribution is 6.38. The van der Waals surface area contributed by atoms with Crippen molar-refractivity contribution >= 4 is 40.5 Å². The van der Waals surface area contributed by atoms with Crippen LogP contribution in [0.15, 0.2) is 82.0 Å². The van der Waals surface area contributed by atoms with Crippen molar-refractivity contribution in [3.05, 3.63) is 93.1 Å². The molecule has 2 aromatic rings. The predicted octanol–water partition coefficient (Wildman–Crippen LogP) is 4.60. The van der Waals surface area contributed by atoms with Crippen LogP contribution in [0.1, 0.15) is 11.1 Å². The lowest BCUT2D eigenvalue weighted by molar-refractivity contribution is -0.110. The molecular weight excluding hydrogens is 399 g/mol. The smallest absolute Gasteiger partial charge is 0.178 e. The summed E-state index contributed by atoms with van der Waals surface area (Å²) in [5.74, 6) is 0.196. The summed E-state index contributed by atoms with van der Waals surface area (Å²) in [5.41, 5.74) is 3.15. The van der Waals surface area contributed by atoms with Gasteiger partial charge in [0.1, 0.15) is 5.75 Å². The molecule has 138 valence electrons. The highest BCUT2D eigenvalue weighted by Crippen LogP contribution is 2.34. The SMILES string of the molecule is O=C1C=CC(=C2N=C(c3cc(Cl)c(O)c(Cl)c3)N=C2c2ccc(O)cc2)C=C1. The molecule has 0 fully saturated rings. The van der Waals surface area contributed by atoms with Gasteiger partial charge in [0.05, 0.1) is 21.5 Å². The minimum absolute atomic E-state index is 0.0933. The predicted molar refractivity (Wildman–Crippen MR) is 110 cm³/mol. The number of phenols is 2. The number of ketones is 1. The van der Waals surface area contributed by atoms with Crippen molar-refractivity contribution in [2.24, 2.45) is 9.98 Å². The molecule has 2 N–H and O–H groups in total. The number of hydrogen-bond donors (Lipinski definition) is 2. The van der Waals surface area contributed by atoms with Crippen LogP contribution in [0.5, 0.6) is 11.5 Å². The zero-order chi connectivity index (χ0) is 19.8. The Bertz CT molecular complexity index is 1120. The zero-order valence-electron chi connectivity index (χ0n) is 14.2. The molecule has 28 heavy (non-hydrogen) atoms. The number of carbonyl (C=O) groups excluding carboxylic acids is 1. The first-order chi connectivity index (χ1) is 13.4. The Labute approximate surface area is 170 Å². The maximum absolute atomic E-state index is 11.5. The molecule has 0 saturated carbocycles. The van der Waals surface area contributed by atoms with E-state index in [1.54, 1.807) is 36.4 Å². The van der Waals surface area contributed by atoms with Crippen molar-refractivity contribution in [3.8, 4) is 11.5 Å². The van der Waals surface area contributed by atoms with Gasteiger partial charge in [-0.05, 0) is 60.7 Å². The van der Waals surface area contributed by atoms with E-state index in [9.17, 15) is 15.0 Å². The summed E-state index contributed by atoms with van der Waals surface area (Å²) in [6.45, 7) is 0. The Balaban J connectivity index is 1.88. The topological polar surface area (TPSA) is 82.2 Å². The third-order valence-corrected chi connectivity index (χ3v) is 4.78. The number of hydrogen-bond acceptors (Lipinski definition) is 5. The van der Waals surface area contributed by atoms with Gasteiger partial charge in [0.25, 0.3) is 0 Å². The second kappa shape index (κ2) is 7.11. The third-order valence-electron chi connectivity index (χ3n) is 4.20. The number of nitrogens with zero attached hydrogens (tertiary/aromatic N) is 2. The molecule has 1 aliphatic carbocycles. The highest BCUT2D eigenvalue weighted by atomic mass is 35.5. The first-order valence-electron chi connectivity index (χ1n) is 8.22. The van der Waals surface area contributed by atoms with Crippen LogP contribution in [0, 0.1) is 0 Å². The summed E-state index contributed by atoms with van der Waals surface area (Å²) < 4.78 is 0. The van der Waals surface area contributed by atoms with Gasteiger partial charge in [0.15, 0.2) is 17.4 Å². The Kier molecular flexibility index (Phi) is 4.63. The van der Waals surface area contributed by atoms with Crippen LogP contribution < -0.4 is 0 Å². The van der Waals surface area contributed by atoms with E-state index in [1.807, 2.05) is 0 Å². The number of rotatable bonds is 2. The summed E-state index contributed by atoms with van der Waals surface area (Å²) in [5, 5.41) is 19.5. The van der Waals surface area contributed by atoms with Crippen molar-refractivity contribution in [1.82, 2.24) is 0 Å². The van der Waals surface area contributed by atoms with Gasteiger partial charge >= 0.3 is 0 Å². The van der Waals surface area contributed by atoms with Gasteiger partial charge in [-0.3, -0.25) is 4.79 Å². The summed E-state index contributed by atoms with van der Waals surface area (Å²) in [4.78, 5) is 20.7. The molecule has 0 amide bonds. The van der Waals surface area contributed by atoms with Crippen LogP contribution in [0.3, 0.4) is 0 Å². The van der Waals surface area contributed by atoms with Crippen LogP contribution in [0.4, 0.5) is 0 Å².